The van der Waals surface area contributed by atoms with Crippen LogP contribution in [-0.4, -0.2) is 18.5 Å². The van der Waals surface area contributed by atoms with Gasteiger partial charge in [-0.3, -0.25) is 9.59 Å². The highest BCUT2D eigenvalue weighted by Crippen LogP contribution is 2.36. The molecule has 0 aliphatic rings. The van der Waals surface area contributed by atoms with Crippen molar-refractivity contribution in [3.8, 4) is 0 Å². The fourth-order valence-corrected chi connectivity index (χ4v) is 3.75. The summed E-state index contributed by atoms with van der Waals surface area (Å²) < 4.78 is 5.31. The van der Waals surface area contributed by atoms with Crippen LogP contribution in [0.4, 0.5) is 0 Å². The lowest BCUT2D eigenvalue weighted by Gasteiger charge is -2.16. The molecule has 148 valence electrons. The Kier molecular flexibility index (Phi) is 7.73. The van der Waals surface area contributed by atoms with Gasteiger partial charge in [0.05, 0.1) is 0 Å². The number of ether oxygens (including phenoxy) is 1. The average Bonchev–Trinajstić information content (AvgIpc) is 2.76. The Bertz CT molecular complexity index is 933. The predicted molar refractivity (Wildman–Crippen MR) is 116 cm³/mol. The number of nitrogens with one attached hydrogen (secondary N) is 1. The van der Waals surface area contributed by atoms with Gasteiger partial charge in [0.15, 0.2) is 6.61 Å². The van der Waals surface area contributed by atoms with Gasteiger partial charge in [-0.1, -0.05) is 72.3 Å². The number of benzene rings is 3. The molecule has 1 unspecified atom stereocenters. The van der Waals surface area contributed by atoms with E-state index >= 15 is 0 Å². The molecule has 29 heavy (non-hydrogen) atoms. The van der Waals surface area contributed by atoms with E-state index in [-0.39, 0.29) is 12.5 Å². The van der Waals surface area contributed by atoms with Crippen molar-refractivity contribution in [3.63, 3.8) is 0 Å². The fraction of sp³-hybridized carbons (Fsp3) is 0.130. The maximum atomic E-state index is 12.7. The Labute approximate surface area is 179 Å². The van der Waals surface area contributed by atoms with Gasteiger partial charge in [0.2, 0.25) is 0 Å². The second-order valence-corrected chi connectivity index (χ2v) is 7.85. The first-order valence-electron chi connectivity index (χ1n) is 9.06. The van der Waals surface area contributed by atoms with Gasteiger partial charge >= 0.3 is 5.97 Å². The monoisotopic (exact) mass is 425 g/mol. The molecule has 3 aromatic rings. The zero-order chi connectivity index (χ0) is 20.5. The quantitative estimate of drug-likeness (QED) is 0.406. The van der Waals surface area contributed by atoms with E-state index in [4.69, 9.17) is 16.3 Å². The van der Waals surface area contributed by atoms with Crippen molar-refractivity contribution >= 4 is 35.2 Å². The van der Waals surface area contributed by atoms with E-state index in [2.05, 4.69) is 5.32 Å². The van der Waals surface area contributed by atoms with Crippen molar-refractivity contribution in [2.45, 2.75) is 16.7 Å². The molecule has 0 saturated heterocycles. The van der Waals surface area contributed by atoms with Crippen molar-refractivity contribution in [1.29, 1.82) is 0 Å². The molecule has 0 spiro atoms. The summed E-state index contributed by atoms with van der Waals surface area (Å²) in [6.45, 7) is 0.0134. The van der Waals surface area contributed by atoms with Crippen LogP contribution in [0.5, 0.6) is 0 Å². The highest BCUT2D eigenvalue weighted by Gasteiger charge is 2.24. The van der Waals surface area contributed by atoms with Gasteiger partial charge in [-0.25, -0.2) is 0 Å². The predicted octanol–water partition coefficient (Wildman–Crippen LogP) is 5.03. The number of amides is 1. The van der Waals surface area contributed by atoms with Gasteiger partial charge in [0.25, 0.3) is 5.91 Å². The topological polar surface area (TPSA) is 55.4 Å². The third-order valence-electron chi connectivity index (χ3n) is 4.06. The van der Waals surface area contributed by atoms with Crippen molar-refractivity contribution < 1.29 is 14.3 Å². The molecule has 0 aliphatic heterocycles. The fourth-order valence-electron chi connectivity index (χ4n) is 2.58. The molecular formula is C23H20ClNO3S. The smallest absolute Gasteiger partial charge is 0.324 e. The van der Waals surface area contributed by atoms with E-state index in [0.29, 0.717) is 11.6 Å². The van der Waals surface area contributed by atoms with Crippen molar-refractivity contribution in [1.82, 2.24) is 5.32 Å². The molecule has 6 heteroatoms. The molecule has 1 N–H and O–H groups in total. The zero-order valence-electron chi connectivity index (χ0n) is 15.6. The number of rotatable bonds is 8. The summed E-state index contributed by atoms with van der Waals surface area (Å²) in [6.07, 6.45) is 0. The highest BCUT2D eigenvalue weighted by atomic mass is 35.5. The standard InChI is InChI=1S/C23H20ClNO3S/c24-19-13-11-17(12-14-19)15-25-21(26)16-28-23(27)22(18-7-3-1-4-8-18)29-20-9-5-2-6-10-20/h1-14,22H,15-16H2,(H,25,26). The molecule has 1 amide bonds. The first-order chi connectivity index (χ1) is 14.1. The van der Waals surface area contributed by atoms with Crippen LogP contribution in [-0.2, 0) is 20.9 Å². The lowest BCUT2D eigenvalue weighted by Crippen LogP contribution is -2.29. The van der Waals surface area contributed by atoms with E-state index in [1.807, 2.05) is 72.8 Å². The van der Waals surface area contributed by atoms with Crippen LogP contribution >= 0.6 is 23.4 Å². The van der Waals surface area contributed by atoms with Gasteiger partial charge < -0.3 is 10.1 Å². The molecule has 0 aliphatic carbocycles. The molecule has 0 saturated carbocycles. The zero-order valence-corrected chi connectivity index (χ0v) is 17.2. The van der Waals surface area contributed by atoms with Gasteiger partial charge in [-0.15, -0.1) is 11.8 Å². The molecule has 0 radical (unpaired) electrons. The number of thioether (sulfide) groups is 1. The number of halogens is 1. The van der Waals surface area contributed by atoms with Crippen LogP contribution in [0.2, 0.25) is 5.02 Å². The van der Waals surface area contributed by atoms with Crippen LogP contribution in [0, 0.1) is 0 Å². The molecule has 1 atom stereocenters. The van der Waals surface area contributed by atoms with Crippen LogP contribution in [0.3, 0.4) is 0 Å². The Morgan fingerprint density at radius 1 is 0.897 bits per heavy atom. The Morgan fingerprint density at radius 3 is 2.17 bits per heavy atom. The maximum absolute atomic E-state index is 12.7. The molecule has 4 nitrogen and oxygen atoms in total. The minimum absolute atomic E-state index is 0.328. The molecule has 0 aromatic heterocycles. The number of carbonyl (C=O) groups excluding carboxylic acids is 2. The van der Waals surface area contributed by atoms with Crippen molar-refractivity contribution in [2.75, 3.05) is 6.61 Å². The number of esters is 1. The summed E-state index contributed by atoms with van der Waals surface area (Å²) in [5.74, 6) is -0.809. The summed E-state index contributed by atoms with van der Waals surface area (Å²) in [4.78, 5) is 25.8. The third-order valence-corrected chi connectivity index (χ3v) is 5.56. The van der Waals surface area contributed by atoms with Gasteiger partial charge in [-0.05, 0) is 35.4 Å². The van der Waals surface area contributed by atoms with Gasteiger partial charge in [0, 0.05) is 16.5 Å². The van der Waals surface area contributed by atoms with E-state index in [1.165, 1.54) is 11.8 Å². The number of carbonyl (C=O) groups is 2. The summed E-state index contributed by atoms with van der Waals surface area (Å²) in [5, 5.41) is 2.82. The lowest BCUT2D eigenvalue weighted by molar-refractivity contribution is -0.148. The summed E-state index contributed by atoms with van der Waals surface area (Å²) in [5.41, 5.74) is 1.74. The summed E-state index contributed by atoms with van der Waals surface area (Å²) in [7, 11) is 0. The van der Waals surface area contributed by atoms with Gasteiger partial charge in [0.1, 0.15) is 5.25 Å². The number of hydrogen-bond acceptors (Lipinski definition) is 4. The highest BCUT2D eigenvalue weighted by molar-refractivity contribution is 8.00. The van der Waals surface area contributed by atoms with E-state index < -0.39 is 11.2 Å². The molecule has 0 bridgehead atoms. The number of hydrogen-bond donors (Lipinski definition) is 1. The average molecular weight is 426 g/mol. The van der Waals surface area contributed by atoms with E-state index in [0.717, 1.165) is 16.0 Å². The van der Waals surface area contributed by atoms with Crippen molar-refractivity contribution in [2.24, 2.45) is 0 Å². The van der Waals surface area contributed by atoms with E-state index in [9.17, 15) is 9.59 Å². The minimum atomic E-state index is -0.553. The maximum Gasteiger partial charge on any atom is 0.324 e. The minimum Gasteiger partial charge on any atom is -0.454 e. The Hall–Kier alpha value is -2.76. The first kappa shape index (κ1) is 21.0. The summed E-state index contributed by atoms with van der Waals surface area (Å²) >= 11 is 7.24. The van der Waals surface area contributed by atoms with Crippen molar-refractivity contribution in [3.05, 3.63) is 101 Å². The lowest BCUT2D eigenvalue weighted by atomic mass is 10.1. The molecule has 0 fully saturated rings. The van der Waals surface area contributed by atoms with Crippen LogP contribution < -0.4 is 5.32 Å². The largest absolute Gasteiger partial charge is 0.454 e. The molecule has 0 heterocycles. The molecule has 3 aromatic carbocycles. The molecular weight excluding hydrogens is 406 g/mol. The van der Waals surface area contributed by atoms with Crippen LogP contribution in [0.15, 0.2) is 89.8 Å². The Morgan fingerprint density at radius 2 is 1.52 bits per heavy atom. The van der Waals surface area contributed by atoms with E-state index in [1.54, 1.807) is 12.1 Å². The van der Waals surface area contributed by atoms with Crippen LogP contribution in [0.25, 0.3) is 0 Å². The second-order valence-electron chi connectivity index (χ2n) is 6.23. The molecule has 3 rings (SSSR count). The third kappa shape index (κ3) is 6.66. The first-order valence-corrected chi connectivity index (χ1v) is 10.3. The Balaban J connectivity index is 1.57. The second kappa shape index (κ2) is 10.7. The normalized spacial score (nSPS) is 11.5. The van der Waals surface area contributed by atoms with Gasteiger partial charge in [-0.2, -0.15) is 0 Å². The van der Waals surface area contributed by atoms with Crippen LogP contribution in [0.1, 0.15) is 16.4 Å². The SMILES string of the molecule is O=C(COC(=O)C(Sc1ccccc1)c1ccccc1)NCc1ccc(Cl)cc1. The summed E-state index contributed by atoms with van der Waals surface area (Å²) in [6, 6.07) is 26.2.